The first kappa shape index (κ1) is 13.4. The van der Waals surface area contributed by atoms with Gasteiger partial charge in [0, 0.05) is 10.6 Å². The Morgan fingerprint density at radius 2 is 2.16 bits per heavy atom. The molecule has 0 aliphatic rings. The standard InChI is InChI=1S/C14H13ClN2O2/c1-9-12(6-11(16)7-17-9)14(18)19-8-10-4-2-3-5-13(10)15/h2-7H,8,16H2,1H3. The number of carbonyl (C=O) groups is 1. The van der Waals surface area contributed by atoms with Crippen LogP contribution in [-0.4, -0.2) is 11.0 Å². The van der Waals surface area contributed by atoms with Crippen LogP contribution in [0.5, 0.6) is 0 Å². The number of halogens is 1. The quantitative estimate of drug-likeness (QED) is 0.875. The molecule has 4 nitrogen and oxygen atoms in total. The van der Waals surface area contributed by atoms with Gasteiger partial charge in [-0.2, -0.15) is 0 Å². The first-order valence-corrected chi connectivity index (χ1v) is 6.08. The molecule has 0 amide bonds. The number of aryl methyl sites for hydroxylation is 1. The van der Waals surface area contributed by atoms with Crippen LogP contribution in [0.1, 0.15) is 21.6 Å². The van der Waals surface area contributed by atoms with Gasteiger partial charge in [0.25, 0.3) is 0 Å². The molecule has 0 saturated heterocycles. The van der Waals surface area contributed by atoms with E-state index in [0.717, 1.165) is 5.56 Å². The maximum Gasteiger partial charge on any atom is 0.340 e. The fourth-order valence-electron chi connectivity index (χ4n) is 1.59. The number of esters is 1. The molecule has 0 atom stereocenters. The molecule has 2 N–H and O–H groups in total. The number of ether oxygens (including phenoxy) is 1. The summed E-state index contributed by atoms with van der Waals surface area (Å²) in [5.74, 6) is -0.461. The van der Waals surface area contributed by atoms with Crippen LogP contribution < -0.4 is 5.73 Å². The average molecular weight is 277 g/mol. The van der Waals surface area contributed by atoms with Crippen LogP contribution >= 0.6 is 11.6 Å². The molecular formula is C14H13ClN2O2. The summed E-state index contributed by atoms with van der Waals surface area (Å²) < 4.78 is 5.21. The molecule has 0 fully saturated rings. The van der Waals surface area contributed by atoms with Crippen molar-refractivity contribution in [1.29, 1.82) is 0 Å². The third-order valence-corrected chi connectivity index (χ3v) is 3.01. The number of carbonyl (C=O) groups excluding carboxylic acids is 1. The van der Waals surface area contributed by atoms with E-state index >= 15 is 0 Å². The Morgan fingerprint density at radius 1 is 1.42 bits per heavy atom. The molecule has 1 aromatic carbocycles. The second-order valence-electron chi connectivity index (χ2n) is 4.07. The van der Waals surface area contributed by atoms with Crippen LogP contribution in [0.25, 0.3) is 0 Å². The zero-order valence-electron chi connectivity index (χ0n) is 10.4. The summed E-state index contributed by atoms with van der Waals surface area (Å²) in [6.45, 7) is 1.85. The van der Waals surface area contributed by atoms with E-state index in [-0.39, 0.29) is 6.61 Å². The van der Waals surface area contributed by atoms with E-state index in [2.05, 4.69) is 4.98 Å². The number of hydrogen-bond acceptors (Lipinski definition) is 4. The van der Waals surface area contributed by atoms with Crippen molar-refractivity contribution >= 4 is 23.3 Å². The van der Waals surface area contributed by atoms with Crippen molar-refractivity contribution in [3.8, 4) is 0 Å². The minimum atomic E-state index is -0.461. The second kappa shape index (κ2) is 5.71. The Labute approximate surface area is 116 Å². The first-order valence-electron chi connectivity index (χ1n) is 5.70. The molecular weight excluding hydrogens is 264 g/mol. The summed E-state index contributed by atoms with van der Waals surface area (Å²) in [7, 11) is 0. The number of pyridine rings is 1. The lowest BCUT2D eigenvalue weighted by Gasteiger charge is -2.08. The first-order chi connectivity index (χ1) is 9.08. The van der Waals surface area contributed by atoms with Crippen LogP contribution in [0.2, 0.25) is 5.02 Å². The Balaban J connectivity index is 2.10. The Bertz CT molecular complexity index is 614. The van der Waals surface area contributed by atoms with Gasteiger partial charge in [-0.3, -0.25) is 4.98 Å². The highest BCUT2D eigenvalue weighted by Crippen LogP contribution is 2.17. The molecule has 0 saturated carbocycles. The minimum Gasteiger partial charge on any atom is -0.457 e. The third-order valence-electron chi connectivity index (χ3n) is 2.64. The van der Waals surface area contributed by atoms with E-state index in [0.29, 0.717) is 22.0 Å². The molecule has 1 aromatic heterocycles. The maximum absolute atomic E-state index is 11.9. The number of hydrogen-bond donors (Lipinski definition) is 1. The van der Waals surface area contributed by atoms with E-state index < -0.39 is 5.97 Å². The molecule has 5 heteroatoms. The lowest BCUT2D eigenvalue weighted by Crippen LogP contribution is -2.09. The van der Waals surface area contributed by atoms with Gasteiger partial charge in [0.05, 0.1) is 23.1 Å². The lowest BCUT2D eigenvalue weighted by molar-refractivity contribution is 0.0471. The average Bonchev–Trinajstić information content (AvgIpc) is 2.40. The van der Waals surface area contributed by atoms with Crippen molar-refractivity contribution in [2.45, 2.75) is 13.5 Å². The topological polar surface area (TPSA) is 65.2 Å². The molecule has 1 heterocycles. The summed E-state index contributed by atoms with van der Waals surface area (Å²) >= 11 is 5.99. The lowest BCUT2D eigenvalue weighted by atomic mass is 10.2. The van der Waals surface area contributed by atoms with Gasteiger partial charge < -0.3 is 10.5 Å². The monoisotopic (exact) mass is 276 g/mol. The smallest absolute Gasteiger partial charge is 0.340 e. The number of nitrogen functional groups attached to an aromatic ring is 1. The SMILES string of the molecule is Cc1ncc(N)cc1C(=O)OCc1ccccc1Cl. The molecule has 98 valence electrons. The summed E-state index contributed by atoms with van der Waals surface area (Å²) in [5, 5.41) is 0.567. The third kappa shape index (κ3) is 3.23. The molecule has 0 radical (unpaired) electrons. The molecule has 0 spiro atoms. The Kier molecular flexibility index (Phi) is 4.02. The number of aromatic nitrogens is 1. The van der Waals surface area contributed by atoms with Crippen LogP contribution in [-0.2, 0) is 11.3 Å². The molecule has 19 heavy (non-hydrogen) atoms. The highest BCUT2D eigenvalue weighted by Gasteiger charge is 2.12. The number of rotatable bonds is 3. The van der Waals surface area contributed by atoms with Gasteiger partial charge in [0.2, 0.25) is 0 Å². The molecule has 0 unspecified atom stereocenters. The van der Waals surface area contributed by atoms with Crippen molar-refractivity contribution < 1.29 is 9.53 Å². The Hall–Kier alpha value is -2.07. The van der Waals surface area contributed by atoms with Crippen LogP contribution in [0, 0.1) is 6.92 Å². The number of nitrogens with two attached hydrogens (primary N) is 1. The largest absolute Gasteiger partial charge is 0.457 e. The van der Waals surface area contributed by atoms with Crippen molar-refractivity contribution in [2.24, 2.45) is 0 Å². The van der Waals surface area contributed by atoms with E-state index in [1.54, 1.807) is 25.1 Å². The maximum atomic E-state index is 11.9. The summed E-state index contributed by atoms with van der Waals surface area (Å²) in [4.78, 5) is 16.0. The highest BCUT2D eigenvalue weighted by molar-refractivity contribution is 6.31. The van der Waals surface area contributed by atoms with Gasteiger partial charge in [-0.25, -0.2) is 4.79 Å². The van der Waals surface area contributed by atoms with E-state index in [9.17, 15) is 4.79 Å². The number of nitrogens with zero attached hydrogens (tertiary/aromatic N) is 1. The van der Waals surface area contributed by atoms with E-state index in [1.807, 2.05) is 12.1 Å². The van der Waals surface area contributed by atoms with Crippen molar-refractivity contribution in [1.82, 2.24) is 4.98 Å². The van der Waals surface area contributed by atoms with Crippen LogP contribution in [0.4, 0.5) is 5.69 Å². The van der Waals surface area contributed by atoms with Gasteiger partial charge in [0.1, 0.15) is 6.61 Å². The van der Waals surface area contributed by atoms with Gasteiger partial charge >= 0.3 is 5.97 Å². The molecule has 0 aliphatic heterocycles. The molecule has 0 aliphatic carbocycles. The second-order valence-corrected chi connectivity index (χ2v) is 4.48. The summed E-state index contributed by atoms with van der Waals surface area (Å²) in [6.07, 6.45) is 1.50. The van der Waals surface area contributed by atoms with Crippen molar-refractivity contribution in [2.75, 3.05) is 5.73 Å². The fourth-order valence-corrected chi connectivity index (χ4v) is 1.78. The summed E-state index contributed by atoms with van der Waals surface area (Å²) in [5.41, 5.74) is 7.74. The van der Waals surface area contributed by atoms with Gasteiger partial charge in [-0.1, -0.05) is 29.8 Å². The van der Waals surface area contributed by atoms with Gasteiger partial charge in [-0.05, 0) is 19.1 Å². The normalized spacial score (nSPS) is 10.2. The molecule has 0 bridgehead atoms. The van der Waals surface area contributed by atoms with Crippen LogP contribution in [0.3, 0.4) is 0 Å². The number of benzene rings is 1. The van der Waals surface area contributed by atoms with Crippen molar-refractivity contribution in [3.63, 3.8) is 0 Å². The summed E-state index contributed by atoms with van der Waals surface area (Å²) in [6, 6.07) is 8.76. The fraction of sp³-hybridized carbons (Fsp3) is 0.143. The Morgan fingerprint density at radius 3 is 2.89 bits per heavy atom. The van der Waals surface area contributed by atoms with Gasteiger partial charge in [-0.15, -0.1) is 0 Å². The molecule has 2 rings (SSSR count). The predicted molar refractivity (Wildman–Crippen MR) is 74.0 cm³/mol. The zero-order chi connectivity index (χ0) is 13.8. The van der Waals surface area contributed by atoms with E-state index in [1.165, 1.54) is 6.20 Å². The zero-order valence-corrected chi connectivity index (χ0v) is 11.1. The van der Waals surface area contributed by atoms with Crippen molar-refractivity contribution in [3.05, 3.63) is 58.4 Å². The minimum absolute atomic E-state index is 0.118. The predicted octanol–water partition coefficient (Wildman–Crippen LogP) is 2.98. The van der Waals surface area contributed by atoms with Gasteiger partial charge in [0.15, 0.2) is 0 Å². The van der Waals surface area contributed by atoms with E-state index in [4.69, 9.17) is 22.1 Å². The highest BCUT2D eigenvalue weighted by atomic mass is 35.5. The van der Waals surface area contributed by atoms with Crippen LogP contribution in [0.15, 0.2) is 36.5 Å². The molecule has 2 aromatic rings. The number of anilines is 1.